The number of benzene rings is 3. The van der Waals surface area contributed by atoms with Crippen LogP contribution in [0.3, 0.4) is 0 Å². The molecule has 4 aromatic rings. The van der Waals surface area contributed by atoms with Gasteiger partial charge in [0.25, 0.3) is 0 Å². The summed E-state index contributed by atoms with van der Waals surface area (Å²) in [5, 5.41) is 4.84. The fourth-order valence-electron chi connectivity index (χ4n) is 5.87. The molecule has 11 heteroatoms. The number of hydrogen-bond donors (Lipinski definition) is 0. The number of anilines is 1. The Balaban J connectivity index is 1.53. The molecular weight excluding hydrogens is 590 g/mol. The zero-order valence-electron chi connectivity index (χ0n) is 25.5. The van der Waals surface area contributed by atoms with Gasteiger partial charge in [-0.1, -0.05) is 48.5 Å². The van der Waals surface area contributed by atoms with Crippen LogP contribution in [0.1, 0.15) is 23.3 Å². The molecule has 6 rings (SSSR count). The van der Waals surface area contributed by atoms with Crippen LogP contribution >= 0.6 is 11.8 Å². The van der Waals surface area contributed by atoms with E-state index in [9.17, 15) is 14.4 Å². The Hall–Kier alpha value is -4.77. The van der Waals surface area contributed by atoms with Gasteiger partial charge in [-0.15, -0.1) is 11.8 Å². The number of thioether (sulfide) groups is 1. The van der Waals surface area contributed by atoms with Crippen molar-refractivity contribution >= 4 is 35.3 Å². The lowest BCUT2D eigenvalue weighted by atomic mass is 9.99. The summed E-state index contributed by atoms with van der Waals surface area (Å²) in [5.41, 5.74) is 4.07. The molecule has 10 nitrogen and oxygen atoms in total. The number of carbonyl (C=O) groups is 3. The molecule has 2 aliphatic heterocycles. The molecule has 3 amide bonds. The maximum atomic E-state index is 14.1. The second-order valence-electron chi connectivity index (χ2n) is 10.9. The number of piperazine rings is 1. The van der Waals surface area contributed by atoms with E-state index in [0.717, 1.165) is 22.4 Å². The highest BCUT2D eigenvalue weighted by molar-refractivity contribution is 8.00. The van der Waals surface area contributed by atoms with Crippen molar-refractivity contribution in [3.05, 3.63) is 90.0 Å². The number of amides is 3. The summed E-state index contributed by atoms with van der Waals surface area (Å²) in [6.07, 6.45) is 0. The number of carbonyl (C=O) groups excluding carboxylic acids is 3. The minimum Gasteiger partial charge on any atom is -0.497 e. The highest BCUT2D eigenvalue weighted by atomic mass is 32.2. The Morgan fingerprint density at radius 2 is 1.53 bits per heavy atom. The zero-order valence-corrected chi connectivity index (χ0v) is 26.3. The summed E-state index contributed by atoms with van der Waals surface area (Å²) in [6, 6.07) is 25.2. The van der Waals surface area contributed by atoms with Gasteiger partial charge in [0.05, 0.1) is 36.6 Å². The van der Waals surface area contributed by atoms with Crippen LogP contribution in [0.25, 0.3) is 16.9 Å². The summed E-state index contributed by atoms with van der Waals surface area (Å²) < 4.78 is 13.0. The van der Waals surface area contributed by atoms with E-state index < -0.39 is 0 Å². The van der Waals surface area contributed by atoms with Gasteiger partial charge >= 0.3 is 0 Å². The SMILES string of the molecule is COc1ccc(-n2nc(-c3ccccc3)c3c2N(CC(=O)N2CCN(C(C)=O)CC2)C(=O)CSC3c2ccccc2OC)cc1. The van der Waals surface area contributed by atoms with Crippen LogP contribution < -0.4 is 14.4 Å². The molecule has 0 aliphatic carbocycles. The number of methoxy groups -OCH3 is 2. The van der Waals surface area contributed by atoms with Gasteiger partial charge in [0.15, 0.2) is 0 Å². The summed E-state index contributed by atoms with van der Waals surface area (Å²) in [5.74, 6) is 1.71. The van der Waals surface area contributed by atoms with E-state index in [4.69, 9.17) is 14.6 Å². The van der Waals surface area contributed by atoms with E-state index in [-0.39, 0.29) is 35.3 Å². The van der Waals surface area contributed by atoms with Crippen LogP contribution in [-0.2, 0) is 14.4 Å². The monoisotopic (exact) mass is 625 g/mol. The van der Waals surface area contributed by atoms with Crippen molar-refractivity contribution < 1.29 is 23.9 Å². The van der Waals surface area contributed by atoms with Gasteiger partial charge in [0.1, 0.15) is 23.9 Å². The van der Waals surface area contributed by atoms with Crippen molar-refractivity contribution in [2.24, 2.45) is 0 Å². The smallest absolute Gasteiger partial charge is 0.242 e. The topological polar surface area (TPSA) is 97.2 Å². The summed E-state index contributed by atoms with van der Waals surface area (Å²) in [6.45, 7) is 3.15. The van der Waals surface area contributed by atoms with Gasteiger partial charge in [0, 0.05) is 49.8 Å². The number of hydrogen-bond acceptors (Lipinski definition) is 7. The average molecular weight is 626 g/mol. The first-order valence-electron chi connectivity index (χ1n) is 14.8. The molecule has 0 saturated carbocycles. The van der Waals surface area contributed by atoms with Gasteiger partial charge in [-0.25, -0.2) is 4.68 Å². The maximum absolute atomic E-state index is 14.1. The van der Waals surface area contributed by atoms with E-state index in [1.165, 1.54) is 18.7 Å². The molecule has 0 N–H and O–H groups in total. The fourth-order valence-corrected chi connectivity index (χ4v) is 7.09. The van der Waals surface area contributed by atoms with Gasteiger partial charge < -0.3 is 19.3 Å². The number of para-hydroxylation sites is 1. The lowest BCUT2D eigenvalue weighted by Crippen LogP contribution is -2.53. The first-order chi connectivity index (χ1) is 21.9. The van der Waals surface area contributed by atoms with Gasteiger partial charge in [-0.2, -0.15) is 5.10 Å². The van der Waals surface area contributed by atoms with Crippen LogP contribution in [0.2, 0.25) is 0 Å². The second-order valence-corrected chi connectivity index (χ2v) is 12.0. The minimum atomic E-state index is -0.318. The number of fused-ring (bicyclic) bond motifs is 1. The first kappa shape index (κ1) is 30.3. The molecule has 1 fully saturated rings. The molecule has 0 bridgehead atoms. The van der Waals surface area contributed by atoms with Crippen molar-refractivity contribution in [1.82, 2.24) is 19.6 Å². The molecule has 232 valence electrons. The van der Waals surface area contributed by atoms with Gasteiger partial charge in [-0.3, -0.25) is 19.3 Å². The predicted octanol–water partition coefficient (Wildman–Crippen LogP) is 4.42. The lowest BCUT2D eigenvalue weighted by Gasteiger charge is -2.35. The normalized spacial score (nSPS) is 16.6. The van der Waals surface area contributed by atoms with Crippen LogP contribution in [0.15, 0.2) is 78.9 Å². The van der Waals surface area contributed by atoms with Crippen LogP contribution in [0.4, 0.5) is 5.82 Å². The Labute approximate surface area is 266 Å². The predicted molar refractivity (Wildman–Crippen MR) is 174 cm³/mol. The Morgan fingerprint density at radius 3 is 2.20 bits per heavy atom. The highest BCUT2D eigenvalue weighted by Gasteiger charge is 2.39. The Bertz CT molecular complexity index is 1700. The van der Waals surface area contributed by atoms with E-state index in [1.54, 1.807) is 33.6 Å². The second kappa shape index (κ2) is 13.1. The summed E-state index contributed by atoms with van der Waals surface area (Å²) in [4.78, 5) is 44.8. The van der Waals surface area contributed by atoms with Gasteiger partial charge in [-0.05, 0) is 30.3 Å². The minimum absolute atomic E-state index is 0.00863. The summed E-state index contributed by atoms with van der Waals surface area (Å²) in [7, 11) is 3.25. The molecule has 1 atom stereocenters. The maximum Gasteiger partial charge on any atom is 0.242 e. The molecule has 45 heavy (non-hydrogen) atoms. The number of ether oxygens (including phenoxy) is 2. The third-order valence-corrected chi connectivity index (χ3v) is 9.48. The molecule has 2 aliphatic rings. The van der Waals surface area contributed by atoms with Crippen molar-refractivity contribution in [3.63, 3.8) is 0 Å². The first-order valence-corrected chi connectivity index (χ1v) is 15.9. The molecular formula is C34H35N5O5S. The van der Waals surface area contributed by atoms with Crippen molar-refractivity contribution in [2.75, 3.05) is 57.6 Å². The number of nitrogens with zero attached hydrogens (tertiary/aromatic N) is 5. The van der Waals surface area contributed by atoms with Crippen molar-refractivity contribution in [1.29, 1.82) is 0 Å². The van der Waals surface area contributed by atoms with Crippen molar-refractivity contribution in [2.45, 2.75) is 12.2 Å². The molecule has 1 unspecified atom stereocenters. The molecule has 1 aromatic heterocycles. The molecule has 3 heterocycles. The molecule has 3 aromatic carbocycles. The average Bonchev–Trinajstić information content (AvgIpc) is 3.41. The van der Waals surface area contributed by atoms with E-state index in [1.807, 2.05) is 78.9 Å². The fraction of sp³-hybridized carbons (Fsp3) is 0.294. The number of aromatic nitrogens is 2. The molecule has 0 spiro atoms. The van der Waals surface area contributed by atoms with Crippen molar-refractivity contribution in [3.8, 4) is 28.4 Å². The lowest BCUT2D eigenvalue weighted by molar-refractivity contribution is -0.137. The summed E-state index contributed by atoms with van der Waals surface area (Å²) >= 11 is 1.50. The quantitative estimate of drug-likeness (QED) is 0.300. The van der Waals surface area contributed by atoms with E-state index in [0.29, 0.717) is 49.2 Å². The standard InChI is InChI=1S/C34H35N5O5S/c1-23(40)36-17-19-37(20-18-36)29(41)21-38-30(42)22-45-33(27-11-7-8-12-28(27)44-3)31-32(24-9-5-4-6-10-24)35-39(34(31)38)25-13-15-26(43-2)16-14-25/h4-16,33H,17-22H2,1-3H3. The van der Waals surface area contributed by atoms with Crippen LogP contribution in [0, 0.1) is 0 Å². The van der Waals surface area contributed by atoms with Crippen LogP contribution in [-0.4, -0.2) is 90.0 Å². The van der Waals surface area contributed by atoms with E-state index >= 15 is 0 Å². The Kier molecular flexibility index (Phi) is 8.79. The third kappa shape index (κ3) is 6.00. The third-order valence-electron chi connectivity index (χ3n) is 8.25. The van der Waals surface area contributed by atoms with Gasteiger partial charge in [0.2, 0.25) is 17.7 Å². The highest BCUT2D eigenvalue weighted by Crippen LogP contribution is 2.50. The van der Waals surface area contributed by atoms with Crippen LogP contribution in [0.5, 0.6) is 11.5 Å². The number of rotatable bonds is 7. The zero-order chi connectivity index (χ0) is 31.5. The Morgan fingerprint density at radius 1 is 0.867 bits per heavy atom. The van der Waals surface area contributed by atoms with E-state index in [2.05, 4.69) is 0 Å². The largest absolute Gasteiger partial charge is 0.497 e. The molecule has 0 radical (unpaired) electrons. The molecule has 1 saturated heterocycles.